The Morgan fingerprint density at radius 3 is 2.73 bits per heavy atom. The third-order valence-electron chi connectivity index (χ3n) is 9.73. The van der Waals surface area contributed by atoms with Gasteiger partial charge in [0, 0.05) is 36.0 Å². The van der Waals surface area contributed by atoms with Gasteiger partial charge in [0.25, 0.3) is 11.8 Å². The zero-order valence-corrected chi connectivity index (χ0v) is 27.3. The number of hydrogen-bond donors (Lipinski definition) is 1. The number of aromatic nitrogens is 2. The van der Waals surface area contributed by atoms with Crippen LogP contribution in [0.3, 0.4) is 0 Å². The first kappa shape index (κ1) is 32.4. The number of benzene rings is 2. The average Bonchev–Trinajstić information content (AvgIpc) is 3.80. The number of nitrogens with zero attached hydrogens (tertiary/aromatic N) is 5. The predicted molar refractivity (Wildman–Crippen MR) is 173 cm³/mol. The van der Waals surface area contributed by atoms with Gasteiger partial charge in [-0.2, -0.15) is 8.78 Å². The summed E-state index contributed by atoms with van der Waals surface area (Å²) in [5.74, 6) is -3.86. The largest absolute Gasteiger partial charge is 0.488 e. The van der Waals surface area contributed by atoms with E-state index in [0.29, 0.717) is 6.42 Å². The second kappa shape index (κ2) is 12.1. The van der Waals surface area contributed by atoms with Crippen LogP contribution in [0.5, 0.6) is 11.6 Å². The van der Waals surface area contributed by atoms with Gasteiger partial charge in [0.1, 0.15) is 29.6 Å². The van der Waals surface area contributed by atoms with Crippen molar-refractivity contribution >= 4 is 60.7 Å². The molecule has 1 amide bonds. The van der Waals surface area contributed by atoms with Gasteiger partial charge in [0.2, 0.25) is 5.69 Å². The van der Waals surface area contributed by atoms with Crippen molar-refractivity contribution in [1.82, 2.24) is 19.4 Å². The highest BCUT2D eigenvalue weighted by atomic mass is 35.5. The van der Waals surface area contributed by atoms with Gasteiger partial charge in [-0.3, -0.25) is 19.1 Å². The van der Waals surface area contributed by atoms with Crippen molar-refractivity contribution < 1.29 is 31.8 Å². The Morgan fingerprint density at radius 1 is 1.27 bits per heavy atom. The van der Waals surface area contributed by atoms with Crippen LogP contribution < -0.4 is 20.8 Å². The Labute approximate surface area is 280 Å². The summed E-state index contributed by atoms with van der Waals surface area (Å²) < 4.78 is 72.2. The lowest BCUT2D eigenvalue weighted by atomic mass is 9.95. The molecule has 0 spiro atoms. The lowest BCUT2D eigenvalue weighted by Gasteiger charge is -2.33. The Hall–Kier alpha value is -4.13. The number of anilines is 1. The molecule has 2 aromatic carbocycles. The molecule has 0 bridgehead atoms. The van der Waals surface area contributed by atoms with Gasteiger partial charge in [-0.1, -0.05) is 17.7 Å². The van der Waals surface area contributed by atoms with Gasteiger partial charge in [-0.05, 0) is 51.4 Å². The summed E-state index contributed by atoms with van der Waals surface area (Å²) in [6.07, 6.45) is -1.64. The number of halogens is 5. The van der Waals surface area contributed by atoms with E-state index in [1.54, 1.807) is 6.92 Å². The van der Waals surface area contributed by atoms with Crippen molar-refractivity contribution in [2.75, 3.05) is 39.0 Å². The molecule has 2 unspecified atom stereocenters. The van der Waals surface area contributed by atoms with Crippen LogP contribution in [0, 0.1) is 24.1 Å². The third-order valence-corrected chi connectivity index (χ3v) is 11.1. The number of likely N-dealkylation sites (N-methyl/N-ethyl adjacent to an activating group) is 1. The summed E-state index contributed by atoms with van der Waals surface area (Å²) in [6, 6.07) is 1.59. The van der Waals surface area contributed by atoms with Crippen LogP contribution in [0.2, 0.25) is 5.02 Å². The van der Waals surface area contributed by atoms with Gasteiger partial charge in [-0.15, -0.1) is 11.3 Å². The predicted octanol–water partition coefficient (Wildman–Crippen LogP) is 6.25. The van der Waals surface area contributed by atoms with Crippen LogP contribution in [0.15, 0.2) is 16.9 Å². The van der Waals surface area contributed by atoms with Crippen molar-refractivity contribution in [3.05, 3.63) is 50.6 Å². The van der Waals surface area contributed by atoms with Crippen LogP contribution in [0.4, 0.5) is 28.3 Å². The highest BCUT2D eigenvalue weighted by molar-refractivity contribution is 7.23. The summed E-state index contributed by atoms with van der Waals surface area (Å²) >= 11 is 7.73. The van der Waals surface area contributed by atoms with Crippen LogP contribution in [0.1, 0.15) is 32.2 Å². The number of hydrogen-bond acceptors (Lipinski definition) is 8. The molecule has 48 heavy (non-hydrogen) atoms. The number of amides is 1. The molecule has 5 heterocycles. The number of carbonyl (C=O) groups is 1. The van der Waals surface area contributed by atoms with E-state index in [2.05, 4.69) is 14.7 Å². The van der Waals surface area contributed by atoms with E-state index >= 15 is 4.39 Å². The van der Waals surface area contributed by atoms with Crippen molar-refractivity contribution in [2.24, 2.45) is 5.92 Å². The minimum atomic E-state index is -3.18. The summed E-state index contributed by atoms with van der Waals surface area (Å²) in [6.45, 7) is 10.2. The molecule has 3 aliphatic rings. The number of alkyl halides is 2. The first-order valence-corrected chi connectivity index (χ1v) is 16.5. The summed E-state index contributed by atoms with van der Waals surface area (Å²) in [7, 11) is 1.94. The molecule has 4 aromatic rings. The number of carbonyl (C=O) groups excluding carboxylic acids is 1. The van der Waals surface area contributed by atoms with E-state index in [-0.39, 0.29) is 85.3 Å². The van der Waals surface area contributed by atoms with E-state index in [1.165, 1.54) is 10.6 Å². The molecule has 2 aromatic heterocycles. The molecule has 16 heteroatoms. The molecule has 2 N–H and O–H groups in total. The zero-order valence-electron chi connectivity index (χ0n) is 25.7. The quantitative estimate of drug-likeness (QED) is 0.187. The summed E-state index contributed by atoms with van der Waals surface area (Å²) in [4.78, 5) is 37.4. The van der Waals surface area contributed by atoms with Crippen LogP contribution in [0.25, 0.3) is 37.1 Å². The monoisotopic (exact) mass is 704 g/mol. The third kappa shape index (κ3) is 4.95. The summed E-state index contributed by atoms with van der Waals surface area (Å²) in [5, 5.41) is -0.114. The number of rotatable bonds is 6. The molecule has 4 atom stereocenters. The molecule has 10 nitrogen and oxygen atoms in total. The number of nitrogens with two attached hydrogens (primary N) is 1. The van der Waals surface area contributed by atoms with E-state index < -0.39 is 47.6 Å². The average molecular weight is 705 g/mol. The van der Waals surface area contributed by atoms with Gasteiger partial charge in [-0.25, -0.2) is 18.6 Å². The van der Waals surface area contributed by atoms with Crippen molar-refractivity contribution in [2.45, 2.75) is 50.8 Å². The van der Waals surface area contributed by atoms with E-state index in [1.807, 2.05) is 7.05 Å². The highest BCUT2D eigenvalue weighted by Gasteiger charge is 2.41. The number of thiophene rings is 1. The number of nitrogen functional groups attached to an aromatic ring is 1. The SMILES string of the molecule is [C-]#[N+]c1c(N)sc2c(F)ccc(-c3c(Cl)c4c5c(nc(O[C@@H](C)[C@@H]6CCCN6C)c(=O)n5C(C5CCN(C(=O)C(F)F)C5)CO4)c3F)c12. The summed E-state index contributed by atoms with van der Waals surface area (Å²) in [5.41, 5.74) is 4.77. The van der Waals surface area contributed by atoms with Crippen molar-refractivity contribution in [3.63, 3.8) is 0 Å². The molecule has 2 saturated heterocycles. The topological polar surface area (TPSA) is 107 Å². The highest BCUT2D eigenvalue weighted by Crippen LogP contribution is 2.52. The maximum atomic E-state index is 17.1. The lowest BCUT2D eigenvalue weighted by molar-refractivity contribution is -0.141. The molecule has 0 aliphatic carbocycles. The standard InChI is InChI=1S/C32H29ClF4N6O4S/c1-13(17-5-4-9-41(17)3)47-30-32(45)43-18(14-8-10-42(11-14)31(44)28(36)37)12-46-26-21(33)19(22(35)24(40-30)25(26)43)15-6-7-16(34)27-20(15)23(39-2)29(38)48-27/h6-7,13-14,17-18,28H,4-5,8-12,38H2,1,3H3/t13-,14?,17-,18?/m0/s1. The molecular weight excluding hydrogens is 676 g/mol. The smallest absolute Gasteiger partial charge is 0.315 e. The minimum absolute atomic E-state index is 0.0316. The van der Waals surface area contributed by atoms with Crippen molar-refractivity contribution in [1.29, 1.82) is 0 Å². The number of likely N-dealkylation sites (tertiary alicyclic amines) is 2. The number of fused-ring (bicyclic) bond motifs is 1. The molecule has 0 radical (unpaired) electrons. The zero-order chi connectivity index (χ0) is 34.2. The van der Waals surface area contributed by atoms with Gasteiger partial charge < -0.3 is 20.1 Å². The minimum Gasteiger partial charge on any atom is -0.488 e. The maximum absolute atomic E-state index is 17.1. The lowest BCUT2D eigenvalue weighted by Crippen LogP contribution is -2.42. The normalized spacial score (nSPS) is 21.6. The molecule has 0 saturated carbocycles. The molecule has 252 valence electrons. The first-order chi connectivity index (χ1) is 22.9. The first-order valence-electron chi connectivity index (χ1n) is 15.3. The second-order valence-electron chi connectivity index (χ2n) is 12.4. The van der Waals surface area contributed by atoms with Crippen molar-refractivity contribution in [3.8, 4) is 22.8 Å². The van der Waals surface area contributed by atoms with Crippen LogP contribution in [-0.2, 0) is 4.79 Å². The number of ether oxygens (including phenoxy) is 2. The Bertz CT molecular complexity index is 2100. The van der Waals surface area contributed by atoms with Crippen LogP contribution in [-0.4, -0.2) is 77.1 Å². The molecule has 3 aliphatic heterocycles. The second-order valence-corrected chi connectivity index (χ2v) is 13.8. The van der Waals surface area contributed by atoms with Gasteiger partial charge in [0.15, 0.2) is 11.6 Å². The fourth-order valence-corrected chi connectivity index (χ4v) is 8.66. The van der Waals surface area contributed by atoms with E-state index in [9.17, 15) is 22.8 Å². The molecule has 7 rings (SSSR count). The molecular formula is C32H29ClF4N6O4S. The van der Waals surface area contributed by atoms with E-state index in [0.717, 1.165) is 41.7 Å². The maximum Gasteiger partial charge on any atom is 0.315 e. The van der Waals surface area contributed by atoms with Gasteiger partial charge in [0.05, 0.1) is 27.3 Å². The molecule has 2 fully saturated rings. The Balaban J connectivity index is 1.46. The van der Waals surface area contributed by atoms with Gasteiger partial charge >= 0.3 is 12.0 Å². The van der Waals surface area contributed by atoms with E-state index in [4.69, 9.17) is 33.4 Å². The fraction of sp³-hybridized carbons (Fsp3) is 0.438. The Kier molecular flexibility index (Phi) is 8.16. The Morgan fingerprint density at radius 2 is 2.04 bits per heavy atom. The fourth-order valence-electron chi connectivity index (χ4n) is 7.39. The van der Waals surface area contributed by atoms with Crippen LogP contribution >= 0.6 is 22.9 Å².